The van der Waals surface area contributed by atoms with Gasteiger partial charge in [0, 0.05) is 44.2 Å². The van der Waals surface area contributed by atoms with Crippen molar-refractivity contribution in [3.05, 3.63) is 46.7 Å². The summed E-state index contributed by atoms with van der Waals surface area (Å²) in [6.07, 6.45) is 2.94. The second kappa shape index (κ2) is 7.08. The number of thiazole rings is 1. The van der Waals surface area contributed by atoms with E-state index in [1.807, 2.05) is 22.5 Å². The average molecular weight is 333 g/mol. The van der Waals surface area contributed by atoms with Gasteiger partial charge in [-0.2, -0.15) is 0 Å². The fourth-order valence-corrected chi connectivity index (χ4v) is 3.49. The summed E-state index contributed by atoms with van der Waals surface area (Å²) in [5.74, 6) is -0.0239. The first-order chi connectivity index (χ1) is 11.1. The van der Waals surface area contributed by atoms with Gasteiger partial charge in [0.1, 0.15) is 5.82 Å². The zero-order valence-electron chi connectivity index (χ0n) is 13.2. The SMILES string of the molecule is Cc1cc(CCC(=O)N2CCN(c3nccs3)CC2)ccc1F. The Kier molecular flexibility index (Phi) is 4.91. The van der Waals surface area contributed by atoms with Crippen LogP contribution in [-0.2, 0) is 11.2 Å². The summed E-state index contributed by atoms with van der Waals surface area (Å²) in [4.78, 5) is 20.8. The predicted octanol–water partition coefficient (Wildman–Crippen LogP) is 2.87. The van der Waals surface area contributed by atoms with Crippen LogP contribution >= 0.6 is 11.3 Å². The highest BCUT2D eigenvalue weighted by Gasteiger charge is 2.22. The lowest BCUT2D eigenvalue weighted by Gasteiger charge is -2.34. The number of carbonyl (C=O) groups is 1. The van der Waals surface area contributed by atoms with Gasteiger partial charge in [0.2, 0.25) is 5.91 Å². The molecular formula is C17H20FN3OS. The maximum atomic E-state index is 13.3. The number of piperazine rings is 1. The highest BCUT2D eigenvalue weighted by Crippen LogP contribution is 2.19. The molecule has 1 saturated heterocycles. The van der Waals surface area contributed by atoms with Crippen LogP contribution in [-0.4, -0.2) is 42.0 Å². The van der Waals surface area contributed by atoms with Gasteiger partial charge in [-0.05, 0) is 30.5 Å². The summed E-state index contributed by atoms with van der Waals surface area (Å²) in [6.45, 7) is 4.88. The number of rotatable bonds is 4. The van der Waals surface area contributed by atoms with Gasteiger partial charge in [-0.15, -0.1) is 11.3 Å². The number of aromatic nitrogens is 1. The minimum absolute atomic E-state index is 0.172. The van der Waals surface area contributed by atoms with Gasteiger partial charge < -0.3 is 9.80 Å². The molecule has 1 fully saturated rings. The van der Waals surface area contributed by atoms with Gasteiger partial charge in [-0.1, -0.05) is 12.1 Å². The lowest BCUT2D eigenvalue weighted by molar-refractivity contribution is -0.131. The van der Waals surface area contributed by atoms with Crippen molar-refractivity contribution in [1.29, 1.82) is 0 Å². The normalized spacial score (nSPS) is 15.0. The van der Waals surface area contributed by atoms with Crippen molar-refractivity contribution in [2.45, 2.75) is 19.8 Å². The molecule has 0 N–H and O–H groups in total. The molecule has 1 amide bonds. The maximum Gasteiger partial charge on any atom is 0.223 e. The molecule has 6 heteroatoms. The van der Waals surface area contributed by atoms with E-state index in [-0.39, 0.29) is 11.7 Å². The standard InChI is InChI=1S/C17H20FN3OS/c1-13-12-14(2-4-15(13)18)3-5-16(22)20-7-9-21(10-8-20)17-19-6-11-23-17/h2,4,6,11-12H,3,5,7-10H2,1H3. The molecule has 4 nitrogen and oxygen atoms in total. The zero-order chi connectivity index (χ0) is 16.2. The van der Waals surface area contributed by atoms with Gasteiger partial charge in [-0.3, -0.25) is 4.79 Å². The minimum Gasteiger partial charge on any atom is -0.345 e. The van der Waals surface area contributed by atoms with E-state index in [1.54, 1.807) is 24.3 Å². The molecule has 2 aromatic rings. The Morgan fingerprint density at radius 3 is 2.74 bits per heavy atom. The number of carbonyl (C=O) groups excluding carboxylic acids is 1. The highest BCUT2D eigenvalue weighted by molar-refractivity contribution is 7.13. The Bertz CT molecular complexity index is 666. The Morgan fingerprint density at radius 1 is 1.30 bits per heavy atom. The van der Waals surface area contributed by atoms with E-state index in [2.05, 4.69) is 9.88 Å². The molecular weight excluding hydrogens is 313 g/mol. The fourth-order valence-electron chi connectivity index (χ4n) is 2.79. The quantitative estimate of drug-likeness (QED) is 0.863. The second-order valence-corrected chi connectivity index (χ2v) is 6.64. The molecule has 1 aromatic carbocycles. The summed E-state index contributed by atoms with van der Waals surface area (Å²) in [5, 5.41) is 3.00. The van der Waals surface area contributed by atoms with Crippen LogP contribution in [0, 0.1) is 12.7 Å². The van der Waals surface area contributed by atoms with Gasteiger partial charge in [0.15, 0.2) is 5.13 Å². The van der Waals surface area contributed by atoms with Crippen LogP contribution in [0.1, 0.15) is 17.5 Å². The molecule has 1 aliphatic rings. The number of nitrogens with zero attached hydrogens (tertiary/aromatic N) is 3. The van der Waals surface area contributed by atoms with Crippen molar-refractivity contribution in [1.82, 2.24) is 9.88 Å². The summed E-state index contributed by atoms with van der Waals surface area (Å²) in [6, 6.07) is 5.06. The number of benzene rings is 1. The van der Waals surface area contributed by atoms with Crippen LogP contribution in [0.25, 0.3) is 0 Å². The number of hydrogen-bond acceptors (Lipinski definition) is 4. The molecule has 122 valence electrons. The summed E-state index contributed by atoms with van der Waals surface area (Å²) < 4.78 is 13.3. The summed E-state index contributed by atoms with van der Waals surface area (Å²) in [5.41, 5.74) is 1.64. The number of anilines is 1. The number of amides is 1. The van der Waals surface area contributed by atoms with Crippen molar-refractivity contribution in [3.8, 4) is 0 Å². The first-order valence-corrected chi connectivity index (χ1v) is 8.68. The van der Waals surface area contributed by atoms with Crippen LogP contribution in [0.15, 0.2) is 29.8 Å². The van der Waals surface area contributed by atoms with Gasteiger partial charge in [-0.25, -0.2) is 9.37 Å². The monoisotopic (exact) mass is 333 g/mol. The molecule has 0 aliphatic carbocycles. The molecule has 0 saturated carbocycles. The highest BCUT2D eigenvalue weighted by atomic mass is 32.1. The third-order valence-electron chi connectivity index (χ3n) is 4.17. The van der Waals surface area contributed by atoms with Crippen LogP contribution in [0.5, 0.6) is 0 Å². The van der Waals surface area contributed by atoms with E-state index in [1.165, 1.54) is 6.07 Å². The van der Waals surface area contributed by atoms with Crippen molar-refractivity contribution in [3.63, 3.8) is 0 Å². The predicted molar refractivity (Wildman–Crippen MR) is 90.4 cm³/mol. The molecule has 0 bridgehead atoms. The molecule has 3 rings (SSSR count). The molecule has 0 spiro atoms. The average Bonchev–Trinajstić information content (AvgIpc) is 3.10. The van der Waals surface area contributed by atoms with E-state index >= 15 is 0 Å². The molecule has 23 heavy (non-hydrogen) atoms. The number of hydrogen-bond donors (Lipinski definition) is 0. The Balaban J connectivity index is 1.48. The van der Waals surface area contributed by atoms with E-state index < -0.39 is 0 Å². The molecule has 1 aliphatic heterocycles. The van der Waals surface area contributed by atoms with E-state index in [0.717, 1.165) is 36.9 Å². The second-order valence-electron chi connectivity index (χ2n) is 5.77. The molecule has 0 radical (unpaired) electrons. The third kappa shape index (κ3) is 3.88. The van der Waals surface area contributed by atoms with Gasteiger partial charge >= 0.3 is 0 Å². The molecule has 0 unspecified atom stereocenters. The van der Waals surface area contributed by atoms with Crippen LogP contribution in [0.3, 0.4) is 0 Å². The molecule has 2 heterocycles. The largest absolute Gasteiger partial charge is 0.345 e. The van der Waals surface area contributed by atoms with Gasteiger partial charge in [0.25, 0.3) is 0 Å². The Labute approximate surface area is 139 Å². The lowest BCUT2D eigenvalue weighted by atomic mass is 10.1. The van der Waals surface area contributed by atoms with E-state index in [4.69, 9.17) is 0 Å². The van der Waals surface area contributed by atoms with Crippen LogP contribution in [0.4, 0.5) is 9.52 Å². The van der Waals surface area contributed by atoms with Crippen LogP contribution in [0.2, 0.25) is 0 Å². The van der Waals surface area contributed by atoms with E-state index in [9.17, 15) is 9.18 Å². The molecule has 0 atom stereocenters. The summed E-state index contributed by atoms with van der Waals surface area (Å²) in [7, 11) is 0. The number of aryl methyl sites for hydroxylation is 2. The lowest BCUT2D eigenvalue weighted by Crippen LogP contribution is -2.48. The van der Waals surface area contributed by atoms with E-state index in [0.29, 0.717) is 18.4 Å². The third-order valence-corrected chi connectivity index (χ3v) is 5.00. The number of halogens is 1. The van der Waals surface area contributed by atoms with Crippen molar-refractivity contribution >= 4 is 22.4 Å². The fraction of sp³-hybridized carbons (Fsp3) is 0.412. The van der Waals surface area contributed by atoms with Crippen molar-refractivity contribution in [2.75, 3.05) is 31.1 Å². The first-order valence-electron chi connectivity index (χ1n) is 7.81. The first kappa shape index (κ1) is 15.9. The zero-order valence-corrected chi connectivity index (χ0v) is 14.0. The van der Waals surface area contributed by atoms with Gasteiger partial charge in [0.05, 0.1) is 0 Å². The molecule has 1 aromatic heterocycles. The maximum absolute atomic E-state index is 13.3. The summed E-state index contributed by atoms with van der Waals surface area (Å²) >= 11 is 1.63. The smallest absolute Gasteiger partial charge is 0.223 e. The topological polar surface area (TPSA) is 36.4 Å². The minimum atomic E-state index is -0.196. The Hall–Kier alpha value is -1.95. The van der Waals surface area contributed by atoms with Crippen molar-refractivity contribution < 1.29 is 9.18 Å². The Morgan fingerprint density at radius 2 is 2.09 bits per heavy atom. The van der Waals surface area contributed by atoms with Crippen molar-refractivity contribution in [2.24, 2.45) is 0 Å². The van der Waals surface area contributed by atoms with Crippen LogP contribution < -0.4 is 4.90 Å².